The summed E-state index contributed by atoms with van der Waals surface area (Å²) in [5, 5.41) is 12.7. The topological polar surface area (TPSA) is 78.4 Å². The molecule has 0 radical (unpaired) electrons. The van der Waals surface area contributed by atoms with Crippen molar-refractivity contribution in [3.63, 3.8) is 0 Å². The van der Waals surface area contributed by atoms with E-state index < -0.39 is 6.23 Å². The van der Waals surface area contributed by atoms with E-state index in [2.05, 4.69) is 27.4 Å². The van der Waals surface area contributed by atoms with E-state index in [0.717, 1.165) is 29.0 Å². The lowest BCUT2D eigenvalue weighted by Gasteiger charge is -2.20. The van der Waals surface area contributed by atoms with Crippen molar-refractivity contribution in [2.75, 3.05) is 25.3 Å². The zero-order chi connectivity index (χ0) is 20.2. The number of hydrogen-bond donors (Lipinski definition) is 1. The van der Waals surface area contributed by atoms with Gasteiger partial charge in [-0.2, -0.15) is 4.98 Å². The van der Waals surface area contributed by atoms with Crippen molar-refractivity contribution in [3.8, 4) is 28.6 Å². The molecule has 0 aliphatic carbocycles. The van der Waals surface area contributed by atoms with E-state index in [-0.39, 0.29) is 0 Å². The Hall–Kier alpha value is -3.00. The summed E-state index contributed by atoms with van der Waals surface area (Å²) in [5.74, 6) is 2.67. The second-order valence-corrected chi connectivity index (χ2v) is 7.46. The van der Waals surface area contributed by atoms with Crippen molar-refractivity contribution in [1.29, 1.82) is 0 Å². The summed E-state index contributed by atoms with van der Waals surface area (Å²) in [5.41, 5.74) is 3.30. The molecule has 2 heterocycles. The van der Waals surface area contributed by atoms with Gasteiger partial charge in [-0.1, -0.05) is 36.9 Å². The first-order valence-electron chi connectivity index (χ1n) is 9.35. The number of nitrogens with one attached hydrogen (secondary N) is 1. The smallest absolute Gasteiger partial charge is 0.247 e. The Labute approximate surface area is 173 Å². The number of fused-ring (bicyclic) bond motifs is 3. The van der Waals surface area contributed by atoms with Gasteiger partial charge in [-0.3, -0.25) is 0 Å². The maximum absolute atomic E-state index is 6.28. The predicted octanol–water partition coefficient (Wildman–Crippen LogP) is 4.56. The van der Waals surface area contributed by atoms with Crippen molar-refractivity contribution in [2.24, 2.45) is 0 Å². The van der Waals surface area contributed by atoms with Crippen molar-refractivity contribution in [1.82, 2.24) is 15.2 Å². The molecular formula is C21H22N4O3S. The summed E-state index contributed by atoms with van der Waals surface area (Å²) in [7, 11) is 3.23. The van der Waals surface area contributed by atoms with Gasteiger partial charge in [-0.25, -0.2) is 0 Å². The number of nitrogens with zero attached hydrogens (tertiary/aromatic N) is 3. The van der Waals surface area contributed by atoms with Crippen LogP contribution in [-0.4, -0.2) is 35.2 Å². The zero-order valence-corrected chi connectivity index (χ0v) is 17.3. The summed E-state index contributed by atoms with van der Waals surface area (Å²) in [6.45, 7) is 2.12. The first-order valence-corrected chi connectivity index (χ1v) is 10.3. The molecule has 1 aliphatic heterocycles. The molecule has 0 bridgehead atoms. The van der Waals surface area contributed by atoms with Gasteiger partial charge in [0.1, 0.15) is 0 Å². The van der Waals surface area contributed by atoms with Crippen LogP contribution in [0.15, 0.2) is 47.6 Å². The number of hydrogen-bond acceptors (Lipinski definition) is 8. The summed E-state index contributed by atoms with van der Waals surface area (Å²) >= 11 is 1.57. The SMILES string of the molecule is CCCSc1nnc2c(n1)O[C@H](c1ccc(OC)c(OC)c1)Nc1ccccc1-2. The molecule has 3 aromatic rings. The molecule has 7 nitrogen and oxygen atoms in total. The van der Waals surface area contributed by atoms with Crippen LogP contribution in [0.3, 0.4) is 0 Å². The molecule has 1 atom stereocenters. The molecule has 150 valence electrons. The Morgan fingerprint density at radius 1 is 1.07 bits per heavy atom. The molecule has 4 rings (SSSR count). The van der Waals surface area contributed by atoms with Crippen LogP contribution in [0.1, 0.15) is 25.1 Å². The Kier molecular flexibility index (Phi) is 5.71. The minimum Gasteiger partial charge on any atom is -0.493 e. The van der Waals surface area contributed by atoms with E-state index in [1.807, 2.05) is 42.5 Å². The fourth-order valence-corrected chi connectivity index (χ4v) is 3.70. The molecule has 0 spiro atoms. The minimum absolute atomic E-state index is 0.454. The van der Waals surface area contributed by atoms with Gasteiger partial charge in [-0.05, 0) is 30.7 Å². The van der Waals surface area contributed by atoms with Crippen LogP contribution in [0, 0.1) is 0 Å². The van der Waals surface area contributed by atoms with Crippen molar-refractivity contribution in [2.45, 2.75) is 24.7 Å². The fourth-order valence-electron chi connectivity index (χ4n) is 3.07. The van der Waals surface area contributed by atoms with Gasteiger partial charge in [0.25, 0.3) is 0 Å². The van der Waals surface area contributed by atoms with Crippen LogP contribution in [0.2, 0.25) is 0 Å². The highest BCUT2D eigenvalue weighted by Gasteiger charge is 2.26. The second-order valence-electron chi connectivity index (χ2n) is 6.40. The zero-order valence-electron chi connectivity index (χ0n) is 16.5. The highest BCUT2D eigenvalue weighted by molar-refractivity contribution is 7.99. The quantitative estimate of drug-likeness (QED) is 0.593. The Morgan fingerprint density at radius 3 is 2.69 bits per heavy atom. The number of methoxy groups -OCH3 is 2. The molecule has 29 heavy (non-hydrogen) atoms. The third kappa shape index (κ3) is 3.93. The van der Waals surface area contributed by atoms with Gasteiger partial charge in [0, 0.05) is 22.6 Å². The highest BCUT2D eigenvalue weighted by atomic mass is 32.2. The monoisotopic (exact) mass is 410 g/mol. The van der Waals surface area contributed by atoms with E-state index in [1.54, 1.807) is 26.0 Å². The number of anilines is 1. The van der Waals surface area contributed by atoms with Gasteiger partial charge < -0.3 is 19.5 Å². The minimum atomic E-state index is -0.474. The van der Waals surface area contributed by atoms with Crippen molar-refractivity contribution < 1.29 is 14.2 Å². The number of rotatable bonds is 6. The highest BCUT2D eigenvalue weighted by Crippen LogP contribution is 2.40. The van der Waals surface area contributed by atoms with Gasteiger partial charge >= 0.3 is 0 Å². The molecule has 0 amide bonds. The molecule has 0 saturated heterocycles. The second kappa shape index (κ2) is 8.57. The van der Waals surface area contributed by atoms with E-state index in [1.165, 1.54) is 0 Å². The van der Waals surface area contributed by atoms with Crippen LogP contribution in [-0.2, 0) is 0 Å². The maximum atomic E-state index is 6.28. The average Bonchev–Trinajstić information content (AvgIpc) is 2.93. The predicted molar refractivity (Wildman–Crippen MR) is 113 cm³/mol. The lowest BCUT2D eigenvalue weighted by Crippen LogP contribution is -2.17. The van der Waals surface area contributed by atoms with Crippen LogP contribution in [0.25, 0.3) is 11.3 Å². The molecule has 1 aliphatic rings. The average molecular weight is 410 g/mol. The maximum Gasteiger partial charge on any atom is 0.247 e. The first-order chi connectivity index (χ1) is 14.2. The molecule has 8 heteroatoms. The van der Waals surface area contributed by atoms with E-state index >= 15 is 0 Å². The normalized spacial score (nSPS) is 14.7. The standard InChI is InChI=1S/C21H22N4O3S/c1-4-11-29-21-23-20-18(24-25-21)14-7-5-6-8-15(14)22-19(28-20)13-9-10-16(26-2)17(12-13)27-3/h5-10,12,19,22H,4,11H2,1-3H3/t19-/m1/s1. The van der Waals surface area contributed by atoms with Crippen LogP contribution in [0.4, 0.5) is 5.69 Å². The number of thioether (sulfide) groups is 1. The molecule has 0 saturated carbocycles. The molecule has 2 aromatic carbocycles. The van der Waals surface area contributed by atoms with Crippen molar-refractivity contribution >= 4 is 17.4 Å². The molecule has 0 fully saturated rings. The summed E-state index contributed by atoms with van der Waals surface area (Å²) in [6.07, 6.45) is 0.558. The van der Waals surface area contributed by atoms with E-state index in [9.17, 15) is 0 Å². The Bertz CT molecular complexity index is 1010. The lowest BCUT2D eigenvalue weighted by molar-refractivity contribution is 0.224. The van der Waals surface area contributed by atoms with E-state index in [0.29, 0.717) is 28.2 Å². The van der Waals surface area contributed by atoms with Crippen molar-refractivity contribution in [3.05, 3.63) is 48.0 Å². The number of ether oxygens (including phenoxy) is 3. The largest absolute Gasteiger partial charge is 0.493 e. The molecule has 0 unspecified atom stereocenters. The first kappa shape index (κ1) is 19.3. The Morgan fingerprint density at radius 2 is 1.90 bits per heavy atom. The van der Waals surface area contributed by atoms with Gasteiger partial charge in [0.15, 0.2) is 23.4 Å². The summed E-state index contributed by atoms with van der Waals surface area (Å²) in [6, 6.07) is 13.6. The fraction of sp³-hybridized carbons (Fsp3) is 0.286. The van der Waals surface area contributed by atoms with Crippen LogP contribution >= 0.6 is 11.8 Å². The summed E-state index contributed by atoms with van der Waals surface area (Å²) in [4.78, 5) is 4.63. The lowest BCUT2D eigenvalue weighted by atomic mass is 10.1. The number of aromatic nitrogens is 3. The third-order valence-corrected chi connectivity index (χ3v) is 5.52. The van der Waals surface area contributed by atoms with Gasteiger partial charge in [0.05, 0.1) is 14.2 Å². The molecule has 1 aromatic heterocycles. The van der Waals surface area contributed by atoms with E-state index in [4.69, 9.17) is 14.2 Å². The third-order valence-electron chi connectivity index (χ3n) is 4.48. The number of para-hydroxylation sites is 1. The molecule has 1 N–H and O–H groups in total. The summed E-state index contributed by atoms with van der Waals surface area (Å²) < 4.78 is 17.1. The number of benzene rings is 2. The van der Waals surface area contributed by atoms with Gasteiger partial charge in [0.2, 0.25) is 11.0 Å². The van der Waals surface area contributed by atoms with Gasteiger partial charge in [-0.15, -0.1) is 10.2 Å². The van der Waals surface area contributed by atoms with Crippen LogP contribution in [0.5, 0.6) is 17.4 Å². The Balaban J connectivity index is 1.77. The van der Waals surface area contributed by atoms with Crippen LogP contribution < -0.4 is 19.5 Å². The molecular weight excluding hydrogens is 388 g/mol.